The van der Waals surface area contributed by atoms with Crippen molar-refractivity contribution in [2.45, 2.75) is 24.2 Å². The van der Waals surface area contributed by atoms with Crippen molar-refractivity contribution in [2.75, 3.05) is 11.9 Å². The van der Waals surface area contributed by atoms with Gasteiger partial charge in [-0.05, 0) is 58.5 Å². The molecule has 1 aliphatic carbocycles. The molecule has 2 heterocycles. The number of pyridine rings is 1. The summed E-state index contributed by atoms with van der Waals surface area (Å²) >= 11 is 3.25. The van der Waals surface area contributed by atoms with E-state index in [1.54, 1.807) is 30.3 Å². The summed E-state index contributed by atoms with van der Waals surface area (Å²) in [6, 6.07) is 9.66. The summed E-state index contributed by atoms with van der Waals surface area (Å²) in [5.41, 5.74) is 2.47. The summed E-state index contributed by atoms with van der Waals surface area (Å²) in [7, 11) is 1.75. The molecule has 1 amide bonds. The molecule has 0 atom stereocenters. The first kappa shape index (κ1) is 16.8. The smallest absolute Gasteiger partial charge is 0.237 e. The third kappa shape index (κ3) is 2.22. The summed E-state index contributed by atoms with van der Waals surface area (Å²) in [5.74, 6) is -0.498. The van der Waals surface area contributed by atoms with Crippen LogP contribution in [0.15, 0.2) is 47.1 Å². The van der Waals surface area contributed by atoms with Gasteiger partial charge >= 0.3 is 0 Å². The van der Waals surface area contributed by atoms with Gasteiger partial charge in [-0.3, -0.25) is 9.78 Å². The number of carbonyl (C=O) groups is 1. The van der Waals surface area contributed by atoms with Crippen LogP contribution in [0.5, 0.6) is 0 Å². The fourth-order valence-electron chi connectivity index (χ4n) is 4.63. The highest BCUT2D eigenvalue weighted by Gasteiger charge is 2.58. The normalized spacial score (nSPS) is 23.8. The lowest BCUT2D eigenvalue weighted by molar-refractivity contribution is -0.126. The standard InChI is InChI=1S/C21H15BrF2N2O/c1-26-18-10-25-17-7-16(24)15(22)6-14(17)19(18)21(20(26)27)8-12(9-21)11-3-2-4-13(23)5-11/h2-7,10,12H,8-9H2,1H3. The van der Waals surface area contributed by atoms with Gasteiger partial charge in [0.2, 0.25) is 5.91 Å². The van der Waals surface area contributed by atoms with Crippen LogP contribution >= 0.6 is 15.9 Å². The van der Waals surface area contributed by atoms with Gasteiger partial charge in [0.05, 0.1) is 27.3 Å². The molecule has 6 heteroatoms. The Bertz CT molecular complexity index is 1120. The van der Waals surface area contributed by atoms with E-state index in [4.69, 9.17) is 0 Å². The first-order valence-corrected chi connectivity index (χ1v) is 9.52. The second-order valence-electron chi connectivity index (χ2n) is 7.41. The van der Waals surface area contributed by atoms with Gasteiger partial charge in [0.25, 0.3) is 0 Å². The molecule has 1 saturated carbocycles. The van der Waals surface area contributed by atoms with Crippen LogP contribution in [0.2, 0.25) is 0 Å². The number of carbonyl (C=O) groups excluding carboxylic acids is 1. The third-order valence-electron chi connectivity index (χ3n) is 5.95. The van der Waals surface area contributed by atoms with Crippen molar-refractivity contribution < 1.29 is 13.6 Å². The van der Waals surface area contributed by atoms with Gasteiger partial charge in [0, 0.05) is 24.1 Å². The fraction of sp³-hybridized carbons (Fsp3) is 0.238. The zero-order valence-corrected chi connectivity index (χ0v) is 16.1. The summed E-state index contributed by atoms with van der Waals surface area (Å²) < 4.78 is 27.9. The SMILES string of the molecule is CN1C(=O)C2(CC(c3cccc(F)c3)C2)c2c1cnc1cc(F)c(Br)cc21. The maximum Gasteiger partial charge on any atom is 0.237 e. The number of benzene rings is 2. The van der Waals surface area contributed by atoms with Gasteiger partial charge in [0.15, 0.2) is 0 Å². The Balaban J connectivity index is 1.65. The third-order valence-corrected chi connectivity index (χ3v) is 6.56. The van der Waals surface area contributed by atoms with Crippen molar-refractivity contribution >= 4 is 38.4 Å². The minimum Gasteiger partial charge on any atom is -0.313 e. The largest absolute Gasteiger partial charge is 0.313 e. The highest BCUT2D eigenvalue weighted by molar-refractivity contribution is 9.10. The zero-order chi connectivity index (χ0) is 18.9. The number of halogens is 3. The van der Waals surface area contributed by atoms with Crippen LogP contribution in [-0.4, -0.2) is 17.9 Å². The Kier molecular flexibility index (Phi) is 3.47. The van der Waals surface area contributed by atoms with Crippen molar-refractivity contribution in [3.8, 4) is 0 Å². The van der Waals surface area contributed by atoms with E-state index in [-0.39, 0.29) is 23.5 Å². The van der Waals surface area contributed by atoms with Crippen molar-refractivity contribution in [3.05, 3.63) is 69.8 Å². The maximum absolute atomic E-state index is 14.0. The van der Waals surface area contributed by atoms with E-state index in [1.807, 2.05) is 6.07 Å². The number of aromatic nitrogens is 1. The van der Waals surface area contributed by atoms with Crippen molar-refractivity contribution in [3.63, 3.8) is 0 Å². The molecule has 0 bridgehead atoms. The highest BCUT2D eigenvalue weighted by Crippen LogP contribution is 2.60. The number of fused-ring (bicyclic) bond motifs is 4. The molecule has 0 radical (unpaired) electrons. The van der Waals surface area contributed by atoms with Gasteiger partial charge < -0.3 is 4.90 Å². The summed E-state index contributed by atoms with van der Waals surface area (Å²) in [4.78, 5) is 19.1. The molecule has 2 aromatic carbocycles. The Morgan fingerprint density at radius 3 is 2.74 bits per heavy atom. The topological polar surface area (TPSA) is 33.2 Å². The minimum atomic E-state index is -0.653. The minimum absolute atomic E-state index is 0.0277. The van der Waals surface area contributed by atoms with Crippen LogP contribution in [0.3, 0.4) is 0 Å². The molecule has 0 N–H and O–H groups in total. The van der Waals surface area contributed by atoms with Crippen LogP contribution in [0.1, 0.15) is 29.9 Å². The first-order valence-electron chi connectivity index (χ1n) is 8.72. The molecule has 2 aliphatic rings. The first-order chi connectivity index (χ1) is 12.9. The van der Waals surface area contributed by atoms with Crippen LogP contribution in [0.4, 0.5) is 14.5 Å². The van der Waals surface area contributed by atoms with Gasteiger partial charge in [0.1, 0.15) is 11.6 Å². The Morgan fingerprint density at radius 2 is 2.00 bits per heavy atom. The monoisotopic (exact) mass is 428 g/mol. The molecule has 1 aliphatic heterocycles. The summed E-state index contributed by atoms with van der Waals surface area (Å²) in [6.45, 7) is 0. The molecule has 1 fully saturated rings. The highest BCUT2D eigenvalue weighted by atomic mass is 79.9. The van der Waals surface area contributed by atoms with Crippen molar-refractivity contribution in [1.82, 2.24) is 4.98 Å². The van der Waals surface area contributed by atoms with E-state index in [2.05, 4.69) is 20.9 Å². The quantitative estimate of drug-likeness (QED) is 0.542. The summed E-state index contributed by atoms with van der Waals surface area (Å²) in [5, 5.41) is 0.788. The number of likely N-dealkylation sites (N-methyl/N-ethyl adjacent to an activating group) is 1. The number of nitrogens with zero attached hydrogens (tertiary/aromatic N) is 2. The van der Waals surface area contributed by atoms with Gasteiger partial charge in [-0.25, -0.2) is 8.78 Å². The zero-order valence-electron chi connectivity index (χ0n) is 14.5. The fourth-order valence-corrected chi connectivity index (χ4v) is 4.97. The average Bonchev–Trinajstić information content (AvgIpc) is 2.83. The van der Waals surface area contributed by atoms with E-state index in [9.17, 15) is 13.6 Å². The Labute approximate surface area is 163 Å². The predicted molar refractivity (Wildman–Crippen MR) is 103 cm³/mol. The number of anilines is 1. The number of hydrogen-bond donors (Lipinski definition) is 0. The van der Waals surface area contributed by atoms with E-state index in [1.165, 1.54) is 18.2 Å². The summed E-state index contributed by atoms with van der Waals surface area (Å²) in [6.07, 6.45) is 2.87. The van der Waals surface area contributed by atoms with Crippen LogP contribution in [-0.2, 0) is 10.2 Å². The molecule has 0 unspecified atom stereocenters. The predicted octanol–water partition coefficient (Wildman–Crippen LogP) is 5.07. The van der Waals surface area contributed by atoms with Gasteiger partial charge in [-0.1, -0.05) is 12.1 Å². The molecule has 5 rings (SSSR count). The van der Waals surface area contributed by atoms with E-state index in [0.717, 1.165) is 22.2 Å². The van der Waals surface area contributed by atoms with Crippen LogP contribution in [0, 0.1) is 11.6 Å². The molecule has 136 valence electrons. The molecule has 3 aromatic rings. The van der Waals surface area contributed by atoms with Crippen LogP contribution in [0.25, 0.3) is 10.9 Å². The number of rotatable bonds is 1. The van der Waals surface area contributed by atoms with E-state index in [0.29, 0.717) is 22.8 Å². The van der Waals surface area contributed by atoms with E-state index < -0.39 is 5.41 Å². The molecule has 3 nitrogen and oxygen atoms in total. The lowest BCUT2D eigenvalue weighted by Gasteiger charge is -2.44. The molecular weight excluding hydrogens is 414 g/mol. The maximum atomic E-state index is 14.0. The lowest BCUT2D eigenvalue weighted by Crippen LogP contribution is -2.47. The molecular formula is C21H15BrF2N2O. The van der Waals surface area contributed by atoms with Gasteiger partial charge in [-0.15, -0.1) is 0 Å². The average molecular weight is 429 g/mol. The Morgan fingerprint density at radius 1 is 1.22 bits per heavy atom. The van der Waals surface area contributed by atoms with Crippen LogP contribution < -0.4 is 4.90 Å². The number of hydrogen-bond acceptors (Lipinski definition) is 2. The van der Waals surface area contributed by atoms with Crippen molar-refractivity contribution in [2.24, 2.45) is 0 Å². The molecule has 0 saturated heterocycles. The molecule has 27 heavy (non-hydrogen) atoms. The molecule has 1 spiro atoms. The second kappa shape index (κ2) is 5.58. The lowest BCUT2D eigenvalue weighted by atomic mass is 9.57. The van der Waals surface area contributed by atoms with Gasteiger partial charge in [-0.2, -0.15) is 0 Å². The second-order valence-corrected chi connectivity index (χ2v) is 8.26. The number of amides is 1. The van der Waals surface area contributed by atoms with E-state index >= 15 is 0 Å². The van der Waals surface area contributed by atoms with Crippen molar-refractivity contribution in [1.29, 1.82) is 0 Å². The molecule has 1 aromatic heterocycles. The Hall–Kier alpha value is -2.34.